The topological polar surface area (TPSA) is 135 Å². The van der Waals surface area contributed by atoms with Crippen LogP contribution < -0.4 is 21.3 Å². The molecule has 11 heteroatoms. The highest BCUT2D eigenvalue weighted by Crippen LogP contribution is 2.26. The van der Waals surface area contributed by atoms with Crippen molar-refractivity contribution < 1.29 is 23.9 Å². The van der Waals surface area contributed by atoms with Crippen LogP contribution in [0.15, 0.2) is 91.0 Å². The van der Waals surface area contributed by atoms with Gasteiger partial charge in [-0.15, -0.1) is 0 Å². The van der Waals surface area contributed by atoms with Gasteiger partial charge >= 0.3 is 12.1 Å². The smallest absolute Gasteiger partial charge is 0.318 e. The highest BCUT2D eigenvalue weighted by atomic mass is 16.6. The third-order valence-corrected chi connectivity index (χ3v) is 8.73. The fourth-order valence-electron chi connectivity index (χ4n) is 5.76. The summed E-state index contributed by atoms with van der Waals surface area (Å²) in [6.45, 7) is 8.37. The molecule has 3 aromatic rings. The van der Waals surface area contributed by atoms with E-state index in [-0.39, 0.29) is 47.9 Å². The van der Waals surface area contributed by atoms with Gasteiger partial charge in [-0.05, 0) is 41.4 Å². The molecule has 4 N–H and O–H groups in total. The molecule has 1 unspecified atom stereocenters. The molecule has 1 aliphatic rings. The molecule has 6 amide bonds. The van der Waals surface area contributed by atoms with Crippen molar-refractivity contribution in [2.45, 2.75) is 84.1 Å². The lowest BCUT2D eigenvalue weighted by Crippen LogP contribution is -2.55. The van der Waals surface area contributed by atoms with Crippen molar-refractivity contribution in [1.29, 1.82) is 0 Å². The van der Waals surface area contributed by atoms with Crippen LogP contribution in [0.4, 0.5) is 9.59 Å². The van der Waals surface area contributed by atoms with Crippen LogP contribution in [0.5, 0.6) is 0 Å². The molecule has 0 radical (unpaired) electrons. The first-order valence-corrected chi connectivity index (χ1v) is 17.3. The Labute approximate surface area is 296 Å². The maximum atomic E-state index is 13.7. The van der Waals surface area contributed by atoms with E-state index in [1.165, 1.54) is 0 Å². The zero-order valence-electron chi connectivity index (χ0n) is 30.0. The molecule has 1 aliphatic heterocycles. The zero-order valence-corrected chi connectivity index (χ0v) is 30.0. The van der Waals surface area contributed by atoms with Gasteiger partial charge in [-0.25, -0.2) is 9.59 Å². The standard InChI is InChI=1S/C39H52N6O5/c1-26(2)33(41-38(48)44(5)24-29-18-12-8-13-19-29)35(46)40-31(22-28-16-10-7-11-17-28)23-32-37(50-32)43-36(47)34(27(3)4)42-39(49)45(6)25-30-20-14-9-15-21-30/h7-21,26-27,31-34,37H,22-25H2,1-6H3,(H,40,46)(H,41,48)(H,42,49)(H,43,47)/t31-,32-,33-,34-,37?/m0/s1. The third kappa shape index (κ3) is 11.6. The lowest BCUT2D eigenvalue weighted by molar-refractivity contribution is -0.125. The van der Waals surface area contributed by atoms with Gasteiger partial charge in [0, 0.05) is 33.2 Å². The lowest BCUT2D eigenvalue weighted by atomic mass is 9.98. The number of hydrogen-bond acceptors (Lipinski definition) is 5. The molecule has 0 aromatic heterocycles. The summed E-state index contributed by atoms with van der Waals surface area (Å²) >= 11 is 0. The normalized spacial score (nSPS) is 16.9. The van der Waals surface area contributed by atoms with Crippen molar-refractivity contribution in [2.75, 3.05) is 14.1 Å². The number of hydrogen-bond donors (Lipinski definition) is 4. The molecule has 5 atom stereocenters. The third-order valence-electron chi connectivity index (χ3n) is 8.73. The summed E-state index contributed by atoms with van der Waals surface area (Å²) in [6.07, 6.45) is 0.0982. The van der Waals surface area contributed by atoms with Gasteiger partial charge in [0.05, 0.1) is 0 Å². The molecule has 0 spiro atoms. The van der Waals surface area contributed by atoms with Crippen molar-refractivity contribution in [1.82, 2.24) is 31.1 Å². The number of nitrogens with one attached hydrogen (secondary N) is 4. The predicted octanol–water partition coefficient (Wildman–Crippen LogP) is 4.68. The van der Waals surface area contributed by atoms with Gasteiger partial charge in [0.2, 0.25) is 11.8 Å². The van der Waals surface area contributed by atoms with Crippen LogP contribution in [0, 0.1) is 11.8 Å². The van der Waals surface area contributed by atoms with Gasteiger partial charge in [-0.2, -0.15) is 0 Å². The molecule has 0 aliphatic carbocycles. The molecule has 1 heterocycles. The number of ether oxygens (including phenoxy) is 1. The SMILES string of the molecule is CC(C)[C@H](NC(=O)N(C)Cc1ccccc1)C(=O)NC1O[C@H]1C[C@H](Cc1ccccc1)NC(=O)[C@@H](NC(=O)N(C)Cc1ccccc1)C(C)C. The van der Waals surface area contributed by atoms with Crippen LogP contribution in [0.25, 0.3) is 0 Å². The lowest BCUT2D eigenvalue weighted by Gasteiger charge is -2.28. The molecule has 4 rings (SSSR count). The second kappa shape index (κ2) is 18.2. The van der Waals surface area contributed by atoms with Crippen LogP contribution in [-0.2, 0) is 33.8 Å². The van der Waals surface area contributed by atoms with E-state index in [0.717, 1.165) is 16.7 Å². The summed E-state index contributed by atoms with van der Waals surface area (Å²) in [7, 11) is 3.39. The Hall–Kier alpha value is -4.90. The Morgan fingerprint density at radius 1 is 0.620 bits per heavy atom. The van der Waals surface area contributed by atoms with Gasteiger partial charge in [0.15, 0.2) is 6.23 Å². The number of nitrogens with zero attached hydrogens (tertiary/aromatic N) is 2. The average Bonchev–Trinajstić information content (AvgIpc) is 3.82. The fourth-order valence-corrected chi connectivity index (χ4v) is 5.76. The minimum atomic E-state index is -0.763. The number of benzene rings is 3. The number of epoxide rings is 1. The highest BCUT2D eigenvalue weighted by molar-refractivity contribution is 5.88. The average molecular weight is 685 g/mol. The fraction of sp³-hybridized carbons (Fsp3) is 0.436. The van der Waals surface area contributed by atoms with Crippen LogP contribution >= 0.6 is 0 Å². The first-order valence-electron chi connectivity index (χ1n) is 17.3. The molecule has 0 bridgehead atoms. The van der Waals surface area contributed by atoms with E-state index in [4.69, 9.17) is 4.74 Å². The van der Waals surface area contributed by atoms with Crippen molar-refractivity contribution in [3.8, 4) is 0 Å². The zero-order chi connectivity index (χ0) is 36.2. The minimum absolute atomic E-state index is 0.165. The Bertz CT molecular complexity index is 1540. The van der Waals surface area contributed by atoms with Crippen molar-refractivity contribution in [3.63, 3.8) is 0 Å². The van der Waals surface area contributed by atoms with E-state index in [1.807, 2.05) is 119 Å². The number of rotatable bonds is 16. The monoisotopic (exact) mass is 684 g/mol. The molecular formula is C39H52N6O5. The largest absolute Gasteiger partial charge is 0.351 e. The van der Waals surface area contributed by atoms with Crippen LogP contribution in [0.1, 0.15) is 50.8 Å². The maximum Gasteiger partial charge on any atom is 0.318 e. The van der Waals surface area contributed by atoms with Crippen molar-refractivity contribution in [3.05, 3.63) is 108 Å². The molecule has 1 fully saturated rings. The summed E-state index contributed by atoms with van der Waals surface area (Å²) in [4.78, 5) is 56.2. The van der Waals surface area contributed by atoms with E-state index in [0.29, 0.717) is 25.9 Å². The van der Waals surface area contributed by atoms with Gasteiger partial charge in [0.25, 0.3) is 0 Å². The maximum absolute atomic E-state index is 13.7. The number of carbonyl (C=O) groups excluding carboxylic acids is 4. The van der Waals surface area contributed by atoms with Gasteiger partial charge in [-0.1, -0.05) is 119 Å². The number of amides is 6. The van der Waals surface area contributed by atoms with E-state index in [1.54, 1.807) is 23.9 Å². The molecule has 11 nitrogen and oxygen atoms in total. The van der Waals surface area contributed by atoms with E-state index in [9.17, 15) is 19.2 Å². The Kier molecular flexibility index (Phi) is 13.8. The summed E-state index contributed by atoms with van der Waals surface area (Å²) in [6, 6.07) is 26.6. The summed E-state index contributed by atoms with van der Waals surface area (Å²) < 4.78 is 5.88. The highest BCUT2D eigenvalue weighted by Gasteiger charge is 2.43. The van der Waals surface area contributed by atoms with Crippen molar-refractivity contribution in [2.24, 2.45) is 11.8 Å². The quantitative estimate of drug-likeness (QED) is 0.163. The predicted molar refractivity (Wildman–Crippen MR) is 194 cm³/mol. The molecule has 1 saturated heterocycles. The molecule has 268 valence electrons. The van der Waals surface area contributed by atoms with Gasteiger partial charge < -0.3 is 35.8 Å². The summed E-state index contributed by atoms with van der Waals surface area (Å²) in [5.74, 6) is -0.951. The van der Waals surface area contributed by atoms with E-state index in [2.05, 4.69) is 21.3 Å². The van der Waals surface area contributed by atoms with E-state index < -0.39 is 18.3 Å². The number of carbonyl (C=O) groups is 4. The van der Waals surface area contributed by atoms with Gasteiger partial charge in [0.1, 0.15) is 18.2 Å². The second-order valence-electron chi connectivity index (χ2n) is 13.8. The van der Waals surface area contributed by atoms with Crippen LogP contribution in [-0.4, -0.2) is 78.2 Å². The Morgan fingerprint density at radius 2 is 1.04 bits per heavy atom. The first-order chi connectivity index (χ1) is 23.9. The van der Waals surface area contributed by atoms with Gasteiger partial charge in [-0.3, -0.25) is 9.59 Å². The Morgan fingerprint density at radius 3 is 1.48 bits per heavy atom. The van der Waals surface area contributed by atoms with Crippen molar-refractivity contribution >= 4 is 23.9 Å². The van der Waals surface area contributed by atoms with Crippen LogP contribution in [0.2, 0.25) is 0 Å². The molecular weight excluding hydrogens is 632 g/mol. The second-order valence-corrected chi connectivity index (χ2v) is 13.8. The molecule has 0 saturated carbocycles. The molecule has 3 aromatic carbocycles. The minimum Gasteiger partial charge on any atom is -0.351 e. The molecule has 50 heavy (non-hydrogen) atoms. The number of urea groups is 2. The first kappa shape index (κ1) is 37.9. The van der Waals surface area contributed by atoms with E-state index >= 15 is 0 Å². The van der Waals surface area contributed by atoms with Crippen LogP contribution in [0.3, 0.4) is 0 Å². The Balaban J connectivity index is 1.35. The summed E-state index contributed by atoms with van der Waals surface area (Å²) in [5, 5.41) is 11.9. The summed E-state index contributed by atoms with van der Waals surface area (Å²) in [5.41, 5.74) is 3.01.